The van der Waals surface area contributed by atoms with Crippen LogP contribution in [-0.4, -0.2) is 45.8 Å². The summed E-state index contributed by atoms with van der Waals surface area (Å²) in [7, 11) is 7.41. The van der Waals surface area contributed by atoms with Gasteiger partial charge in [-0.1, -0.05) is 31.5 Å². The number of hydrogen-bond acceptors (Lipinski definition) is 4. The second-order valence-corrected chi connectivity index (χ2v) is 6.62. The van der Waals surface area contributed by atoms with Gasteiger partial charge in [0.15, 0.2) is 11.5 Å². The zero-order valence-electron chi connectivity index (χ0n) is 14.6. The predicted molar refractivity (Wildman–Crippen MR) is 93.2 cm³/mol. The van der Waals surface area contributed by atoms with Gasteiger partial charge in [0, 0.05) is 19.1 Å². The lowest BCUT2D eigenvalue weighted by atomic mass is 10.0. The molecule has 1 aromatic carbocycles. The molecule has 0 saturated heterocycles. The highest BCUT2D eigenvalue weighted by molar-refractivity contribution is 6.33. The van der Waals surface area contributed by atoms with Gasteiger partial charge in [0.25, 0.3) is 0 Å². The number of likely N-dealkylation sites (N-methyl/N-ethyl adjacent to an activating group) is 1. The third-order valence-corrected chi connectivity index (χ3v) is 3.90. The van der Waals surface area contributed by atoms with Crippen LogP contribution in [0.15, 0.2) is 12.1 Å². The van der Waals surface area contributed by atoms with E-state index in [0.717, 1.165) is 18.5 Å². The highest BCUT2D eigenvalue weighted by Gasteiger charge is 2.16. The smallest absolute Gasteiger partial charge is 0.179 e. The van der Waals surface area contributed by atoms with Crippen molar-refractivity contribution in [2.45, 2.75) is 32.9 Å². The Morgan fingerprint density at radius 1 is 1.18 bits per heavy atom. The van der Waals surface area contributed by atoms with Crippen molar-refractivity contribution in [2.75, 3.05) is 34.9 Å². The van der Waals surface area contributed by atoms with Crippen molar-refractivity contribution in [3.05, 3.63) is 22.7 Å². The highest BCUT2D eigenvalue weighted by atomic mass is 35.5. The maximum Gasteiger partial charge on any atom is 0.179 e. The number of methoxy groups -OCH3 is 2. The molecular formula is C17H29ClN2O2. The summed E-state index contributed by atoms with van der Waals surface area (Å²) in [6.07, 6.45) is 1.13. The monoisotopic (exact) mass is 328 g/mol. The molecule has 1 aromatic rings. The molecule has 1 atom stereocenters. The van der Waals surface area contributed by atoms with Crippen LogP contribution in [0.4, 0.5) is 0 Å². The molecule has 22 heavy (non-hydrogen) atoms. The van der Waals surface area contributed by atoms with Crippen molar-refractivity contribution in [1.82, 2.24) is 10.2 Å². The van der Waals surface area contributed by atoms with Crippen LogP contribution >= 0.6 is 11.6 Å². The number of ether oxygens (including phenoxy) is 2. The lowest BCUT2D eigenvalue weighted by Gasteiger charge is -2.24. The quantitative estimate of drug-likeness (QED) is 0.753. The summed E-state index contributed by atoms with van der Waals surface area (Å²) in [6, 6.07) is 4.31. The Morgan fingerprint density at radius 2 is 1.86 bits per heavy atom. The van der Waals surface area contributed by atoms with E-state index in [1.807, 2.05) is 12.1 Å². The fraction of sp³-hybridized carbons (Fsp3) is 0.647. The first-order chi connectivity index (χ1) is 10.4. The number of halogens is 1. The molecule has 0 radical (unpaired) electrons. The van der Waals surface area contributed by atoms with Gasteiger partial charge in [-0.05, 0) is 38.1 Å². The molecule has 0 bridgehead atoms. The number of nitrogens with one attached hydrogen (secondary N) is 1. The Hall–Kier alpha value is -0.970. The number of nitrogens with zero attached hydrogens (tertiary/aromatic N) is 1. The molecule has 0 aromatic heterocycles. The molecular weight excluding hydrogens is 300 g/mol. The first-order valence-corrected chi connectivity index (χ1v) is 8.04. The second-order valence-electron chi connectivity index (χ2n) is 6.24. The lowest BCUT2D eigenvalue weighted by molar-refractivity contribution is 0.304. The lowest BCUT2D eigenvalue weighted by Crippen LogP contribution is -2.38. The van der Waals surface area contributed by atoms with Crippen LogP contribution in [0, 0.1) is 5.92 Å². The second kappa shape index (κ2) is 9.23. The first kappa shape index (κ1) is 19.1. The summed E-state index contributed by atoms with van der Waals surface area (Å²) in [5, 5.41) is 4.22. The van der Waals surface area contributed by atoms with Crippen LogP contribution in [0.2, 0.25) is 5.02 Å². The number of benzene rings is 1. The molecule has 5 heteroatoms. The average Bonchev–Trinajstić information content (AvgIpc) is 2.44. The summed E-state index contributed by atoms with van der Waals surface area (Å²) in [5.74, 6) is 1.90. The van der Waals surface area contributed by atoms with Crippen molar-refractivity contribution in [1.29, 1.82) is 0 Å². The summed E-state index contributed by atoms with van der Waals surface area (Å²) >= 11 is 6.43. The average molecular weight is 329 g/mol. The topological polar surface area (TPSA) is 33.7 Å². The van der Waals surface area contributed by atoms with E-state index in [1.54, 1.807) is 14.2 Å². The Morgan fingerprint density at radius 3 is 2.36 bits per heavy atom. The highest BCUT2D eigenvalue weighted by Crippen LogP contribution is 2.37. The van der Waals surface area contributed by atoms with Crippen LogP contribution in [0.25, 0.3) is 0 Å². The van der Waals surface area contributed by atoms with Crippen molar-refractivity contribution < 1.29 is 9.47 Å². The molecule has 0 aliphatic heterocycles. The largest absolute Gasteiger partial charge is 0.493 e. The van der Waals surface area contributed by atoms with E-state index in [1.165, 1.54) is 0 Å². The van der Waals surface area contributed by atoms with Gasteiger partial charge in [0.05, 0.1) is 19.2 Å². The van der Waals surface area contributed by atoms with Crippen LogP contribution in [-0.2, 0) is 6.54 Å². The van der Waals surface area contributed by atoms with E-state index >= 15 is 0 Å². The zero-order chi connectivity index (χ0) is 16.7. The molecule has 0 fully saturated rings. The Bertz CT molecular complexity index is 454. The van der Waals surface area contributed by atoms with Gasteiger partial charge in [0.1, 0.15) is 0 Å². The molecule has 0 spiro atoms. The van der Waals surface area contributed by atoms with E-state index in [0.29, 0.717) is 35.0 Å². The van der Waals surface area contributed by atoms with Gasteiger partial charge >= 0.3 is 0 Å². The first-order valence-electron chi connectivity index (χ1n) is 7.66. The molecule has 0 aliphatic carbocycles. The van der Waals surface area contributed by atoms with Crippen molar-refractivity contribution in [2.24, 2.45) is 5.92 Å². The van der Waals surface area contributed by atoms with Crippen LogP contribution < -0.4 is 14.8 Å². The predicted octanol–water partition coefficient (Wildman–Crippen LogP) is 3.42. The maximum atomic E-state index is 6.43. The maximum absolute atomic E-state index is 6.43. The van der Waals surface area contributed by atoms with Gasteiger partial charge in [-0.25, -0.2) is 0 Å². The number of hydrogen-bond donors (Lipinski definition) is 1. The minimum Gasteiger partial charge on any atom is -0.493 e. The van der Waals surface area contributed by atoms with E-state index in [9.17, 15) is 0 Å². The van der Waals surface area contributed by atoms with Gasteiger partial charge in [-0.15, -0.1) is 0 Å². The Labute approximate surface area is 139 Å². The zero-order valence-corrected chi connectivity index (χ0v) is 15.3. The van der Waals surface area contributed by atoms with Gasteiger partial charge in [-0.3, -0.25) is 0 Å². The van der Waals surface area contributed by atoms with Gasteiger partial charge < -0.3 is 19.7 Å². The van der Waals surface area contributed by atoms with E-state index in [-0.39, 0.29) is 0 Å². The SMILES string of the molecule is COc1ccc(CNC(CC(C)C)CN(C)C)c(Cl)c1OC. The van der Waals surface area contributed by atoms with E-state index in [2.05, 4.69) is 38.2 Å². The summed E-state index contributed by atoms with van der Waals surface area (Å²) in [5.41, 5.74) is 1.02. The van der Waals surface area contributed by atoms with Gasteiger partial charge in [0.2, 0.25) is 0 Å². The third-order valence-electron chi connectivity index (χ3n) is 3.49. The van der Waals surface area contributed by atoms with Crippen molar-refractivity contribution in [3.8, 4) is 11.5 Å². The fourth-order valence-electron chi connectivity index (χ4n) is 2.55. The van der Waals surface area contributed by atoms with Gasteiger partial charge in [-0.2, -0.15) is 0 Å². The molecule has 126 valence electrons. The van der Waals surface area contributed by atoms with Crippen LogP contribution in [0.1, 0.15) is 25.8 Å². The molecule has 4 nitrogen and oxygen atoms in total. The minimum absolute atomic E-state index is 0.430. The molecule has 0 amide bonds. The summed E-state index contributed by atoms with van der Waals surface area (Å²) in [4.78, 5) is 2.20. The van der Waals surface area contributed by atoms with Crippen molar-refractivity contribution >= 4 is 11.6 Å². The molecule has 1 N–H and O–H groups in total. The van der Waals surface area contributed by atoms with Crippen LogP contribution in [0.3, 0.4) is 0 Å². The molecule has 0 heterocycles. The van der Waals surface area contributed by atoms with Crippen LogP contribution in [0.5, 0.6) is 11.5 Å². The molecule has 1 unspecified atom stereocenters. The summed E-state index contributed by atoms with van der Waals surface area (Å²) in [6.45, 7) is 6.20. The van der Waals surface area contributed by atoms with E-state index < -0.39 is 0 Å². The Balaban J connectivity index is 2.80. The minimum atomic E-state index is 0.430. The molecule has 0 aliphatic rings. The normalized spacial score (nSPS) is 12.8. The van der Waals surface area contributed by atoms with E-state index in [4.69, 9.17) is 21.1 Å². The molecule has 0 saturated carbocycles. The molecule has 1 rings (SSSR count). The standard InChI is InChI=1S/C17H29ClN2O2/c1-12(2)9-14(11-20(3)4)19-10-13-7-8-15(21-5)17(22-6)16(13)18/h7-8,12,14,19H,9-11H2,1-6H3. The number of rotatable bonds is 9. The van der Waals surface area contributed by atoms with Crippen molar-refractivity contribution in [3.63, 3.8) is 0 Å². The fourth-order valence-corrected chi connectivity index (χ4v) is 2.85. The summed E-state index contributed by atoms with van der Waals surface area (Å²) < 4.78 is 10.6. The third kappa shape index (κ3) is 5.67. The Kier molecular flexibility index (Phi) is 8.01.